The number of hydrogen-bond acceptors (Lipinski definition) is 5. The van der Waals surface area contributed by atoms with Gasteiger partial charge in [0, 0.05) is 19.0 Å². The molecular formula is C11H19N3O4. The van der Waals surface area contributed by atoms with Crippen LogP contribution in [-0.4, -0.2) is 60.4 Å². The Kier molecular flexibility index (Phi) is 4.38. The maximum atomic E-state index is 12.3. The van der Waals surface area contributed by atoms with E-state index in [1.165, 1.54) is 0 Å². The minimum Gasteiger partial charge on any atom is -0.409 e. The molecule has 2 aliphatic rings. The fraction of sp³-hybridized carbons (Fsp3) is 0.818. The number of amides is 1. The van der Waals surface area contributed by atoms with E-state index in [0.29, 0.717) is 32.8 Å². The minimum atomic E-state index is -0.508. The van der Waals surface area contributed by atoms with Crippen LogP contribution in [0.15, 0.2) is 5.16 Å². The summed E-state index contributed by atoms with van der Waals surface area (Å²) < 4.78 is 10.6. The number of carbonyl (C=O) groups is 1. The van der Waals surface area contributed by atoms with Crippen LogP contribution in [0.3, 0.4) is 0 Å². The highest BCUT2D eigenvalue weighted by Crippen LogP contribution is 2.28. The summed E-state index contributed by atoms with van der Waals surface area (Å²) >= 11 is 0. The van der Waals surface area contributed by atoms with Crippen molar-refractivity contribution >= 4 is 11.7 Å². The second kappa shape index (κ2) is 6.01. The molecule has 0 aromatic rings. The maximum absolute atomic E-state index is 12.3. The van der Waals surface area contributed by atoms with Gasteiger partial charge in [-0.3, -0.25) is 4.79 Å². The summed E-state index contributed by atoms with van der Waals surface area (Å²) in [6.07, 6.45) is 1.88. The van der Waals surface area contributed by atoms with Crippen molar-refractivity contribution in [2.45, 2.75) is 31.4 Å². The van der Waals surface area contributed by atoms with E-state index in [9.17, 15) is 4.79 Å². The Morgan fingerprint density at radius 2 is 2.22 bits per heavy atom. The van der Waals surface area contributed by atoms with Gasteiger partial charge in [-0.05, 0) is 12.8 Å². The molecule has 7 heteroatoms. The van der Waals surface area contributed by atoms with Crippen molar-refractivity contribution in [3.05, 3.63) is 0 Å². The highest BCUT2D eigenvalue weighted by atomic mass is 16.6. The molecule has 0 spiro atoms. The van der Waals surface area contributed by atoms with Crippen LogP contribution < -0.4 is 5.73 Å². The minimum absolute atomic E-state index is 0.0528. The number of nitrogens with two attached hydrogens (primary N) is 1. The van der Waals surface area contributed by atoms with Gasteiger partial charge in [0.15, 0.2) is 6.10 Å². The van der Waals surface area contributed by atoms with Crippen LogP contribution >= 0.6 is 0 Å². The fourth-order valence-corrected chi connectivity index (χ4v) is 1.96. The molecular weight excluding hydrogens is 238 g/mol. The van der Waals surface area contributed by atoms with Crippen molar-refractivity contribution < 1.29 is 19.5 Å². The first kappa shape index (κ1) is 13.1. The topological polar surface area (TPSA) is 97.4 Å². The summed E-state index contributed by atoms with van der Waals surface area (Å²) in [5, 5.41) is 11.4. The lowest BCUT2D eigenvalue weighted by Gasteiger charge is -2.29. The SMILES string of the molecule is N/C(CCN(C(=O)C1COCCO1)C1CC1)=N/O. The molecule has 2 rings (SSSR count). The van der Waals surface area contributed by atoms with Crippen LogP contribution in [0.4, 0.5) is 0 Å². The van der Waals surface area contributed by atoms with Crippen LogP contribution in [0.2, 0.25) is 0 Å². The Bertz CT molecular complexity index is 324. The van der Waals surface area contributed by atoms with E-state index in [1.807, 2.05) is 0 Å². The number of oxime groups is 1. The standard InChI is InChI=1S/C11H19N3O4/c12-10(13-16)3-4-14(8-1-2-8)11(15)9-7-17-5-6-18-9/h8-9,16H,1-7H2,(H2,12,13). The number of carbonyl (C=O) groups excluding carboxylic acids is 1. The van der Waals surface area contributed by atoms with Crippen LogP contribution in [0.5, 0.6) is 0 Å². The van der Waals surface area contributed by atoms with Gasteiger partial charge in [-0.15, -0.1) is 0 Å². The molecule has 1 amide bonds. The fourth-order valence-electron chi connectivity index (χ4n) is 1.96. The highest BCUT2D eigenvalue weighted by molar-refractivity contribution is 5.83. The molecule has 1 saturated heterocycles. The van der Waals surface area contributed by atoms with Gasteiger partial charge >= 0.3 is 0 Å². The molecule has 2 fully saturated rings. The zero-order valence-corrected chi connectivity index (χ0v) is 10.2. The summed E-state index contributed by atoms with van der Waals surface area (Å²) in [6, 6.07) is 0.273. The van der Waals surface area contributed by atoms with Crippen molar-refractivity contribution in [1.82, 2.24) is 4.90 Å². The molecule has 0 aromatic heterocycles. The monoisotopic (exact) mass is 257 g/mol. The number of ether oxygens (including phenoxy) is 2. The summed E-state index contributed by atoms with van der Waals surface area (Å²) in [6.45, 7) is 1.76. The maximum Gasteiger partial charge on any atom is 0.254 e. The lowest BCUT2D eigenvalue weighted by atomic mass is 10.2. The number of rotatable bonds is 5. The summed E-state index contributed by atoms with van der Waals surface area (Å²) in [5.41, 5.74) is 5.43. The van der Waals surface area contributed by atoms with Crippen molar-refractivity contribution in [3.8, 4) is 0 Å². The number of hydrogen-bond donors (Lipinski definition) is 2. The third-order valence-corrected chi connectivity index (χ3v) is 3.10. The van der Waals surface area contributed by atoms with E-state index in [0.717, 1.165) is 12.8 Å². The lowest BCUT2D eigenvalue weighted by molar-refractivity contribution is -0.158. The first-order valence-corrected chi connectivity index (χ1v) is 6.18. The lowest BCUT2D eigenvalue weighted by Crippen LogP contribution is -2.47. The van der Waals surface area contributed by atoms with Crippen LogP contribution in [0, 0.1) is 0 Å². The highest BCUT2D eigenvalue weighted by Gasteiger charge is 2.36. The predicted molar refractivity (Wildman–Crippen MR) is 63.3 cm³/mol. The first-order valence-electron chi connectivity index (χ1n) is 6.18. The van der Waals surface area contributed by atoms with E-state index in [4.69, 9.17) is 20.4 Å². The van der Waals surface area contributed by atoms with E-state index in [1.54, 1.807) is 4.90 Å². The molecule has 0 radical (unpaired) electrons. The van der Waals surface area contributed by atoms with Crippen LogP contribution in [0.1, 0.15) is 19.3 Å². The quantitative estimate of drug-likeness (QED) is 0.300. The van der Waals surface area contributed by atoms with E-state index < -0.39 is 6.10 Å². The van der Waals surface area contributed by atoms with Gasteiger partial charge in [-0.25, -0.2) is 0 Å². The smallest absolute Gasteiger partial charge is 0.254 e. The van der Waals surface area contributed by atoms with E-state index >= 15 is 0 Å². The second-order valence-electron chi connectivity index (χ2n) is 4.54. The molecule has 1 heterocycles. The largest absolute Gasteiger partial charge is 0.409 e. The van der Waals surface area contributed by atoms with Gasteiger partial charge in [0.05, 0.1) is 19.8 Å². The molecule has 1 saturated carbocycles. The summed E-state index contributed by atoms with van der Waals surface area (Å²) in [7, 11) is 0. The average molecular weight is 257 g/mol. The Hall–Kier alpha value is -1.34. The molecule has 0 aromatic carbocycles. The third kappa shape index (κ3) is 3.33. The zero-order valence-electron chi connectivity index (χ0n) is 10.2. The molecule has 1 atom stereocenters. The molecule has 1 aliphatic carbocycles. The predicted octanol–water partition coefficient (Wildman–Crippen LogP) is -0.471. The summed E-state index contributed by atoms with van der Waals surface area (Å²) in [4.78, 5) is 14.0. The molecule has 7 nitrogen and oxygen atoms in total. The van der Waals surface area contributed by atoms with Crippen molar-refractivity contribution in [2.24, 2.45) is 10.9 Å². The van der Waals surface area contributed by atoms with Gasteiger partial charge < -0.3 is 25.3 Å². The van der Waals surface area contributed by atoms with Crippen LogP contribution in [-0.2, 0) is 14.3 Å². The van der Waals surface area contributed by atoms with Crippen molar-refractivity contribution in [1.29, 1.82) is 0 Å². The molecule has 18 heavy (non-hydrogen) atoms. The number of amidine groups is 1. The van der Waals surface area contributed by atoms with E-state index in [-0.39, 0.29) is 17.8 Å². The van der Waals surface area contributed by atoms with Gasteiger partial charge in [0.25, 0.3) is 5.91 Å². The van der Waals surface area contributed by atoms with Crippen molar-refractivity contribution in [3.63, 3.8) is 0 Å². The Labute approximate surface area is 106 Å². The average Bonchev–Trinajstić information content (AvgIpc) is 3.24. The van der Waals surface area contributed by atoms with Gasteiger partial charge in [0.1, 0.15) is 5.84 Å². The first-order chi connectivity index (χ1) is 8.72. The van der Waals surface area contributed by atoms with Crippen LogP contribution in [0.25, 0.3) is 0 Å². The van der Waals surface area contributed by atoms with E-state index in [2.05, 4.69) is 5.16 Å². The van der Waals surface area contributed by atoms with Gasteiger partial charge in [0.2, 0.25) is 0 Å². The molecule has 102 valence electrons. The number of nitrogens with zero attached hydrogens (tertiary/aromatic N) is 2. The van der Waals surface area contributed by atoms with Crippen molar-refractivity contribution in [2.75, 3.05) is 26.4 Å². The molecule has 0 bridgehead atoms. The van der Waals surface area contributed by atoms with Gasteiger partial charge in [-0.1, -0.05) is 5.16 Å². The summed E-state index contributed by atoms with van der Waals surface area (Å²) in [5.74, 6) is 0.0807. The molecule has 1 unspecified atom stereocenters. The Morgan fingerprint density at radius 1 is 1.44 bits per heavy atom. The zero-order chi connectivity index (χ0) is 13.0. The Morgan fingerprint density at radius 3 is 2.78 bits per heavy atom. The van der Waals surface area contributed by atoms with Gasteiger partial charge in [-0.2, -0.15) is 0 Å². The molecule has 3 N–H and O–H groups in total. The normalized spacial score (nSPS) is 24.9. The third-order valence-electron chi connectivity index (χ3n) is 3.10. The molecule has 1 aliphatic heterocycles. The second-order valence-corrected chi connectivity index (χ2v) is 4.54. The Balaban J connectivity index is 1.89.